The van der Waals surface area contributed by atoms with Crippen molar-refractivity contribution < 1.29 is 28.5 Å². The molecule has 2 rings (SSSR count). The second-order valence-corrected chi connectivity index (χ2v) is 5.94. The minimum Gasteiger partial charge on any atom is -0.491 e. The smallest absolute Gasteiger partial charge is 0.343 e. The number of carbonyl (C=O) groups is 2. The number of ether oxygens (including phenoxy) is 4. The number of hydrogen-bond acceptors (Lipinski definition) is 6. The summed E-state index contributed by atoms with van der Waals surface area (Å²) in [7, 11) is 0. The summed E-state index contributed by atoms with van der Waals surface area (Å²) >= 11 is 0. The van der Waals surface area contributed by atoms with Crippen LogP contribution >= 0.6 is 0 Å². The van der Waals surface area contributed by atoms with Crippen LogP contribution in [0, 0.1) is 0 Å². The number of benzene rings is 2. The zero-order valence-electron chi connectivity index (χ0n) is 15.8. The van der Waals surface area contributed by atoms with Gasteiger partial charge < -0.3 is 18.9 Å². The molecule has 0 atom stereocenters. The molecule has 0 aliphatic heterocycles. The Balaban J connectivity index is 1.95. The molecule has 2 aromatic rings. The largest absolute Gasteiger partial charge is 0.491 e. The molecule has 0 N–H and O–H groups in total. The summed E-state index contributed by atoms with van der Waals surface area (Å²) in [5.41, 5.74) is 0.703. The van der Waals surface area contributed by atoms with E-state index in [1.54, 1.807) is 56.3 Å². The highest BCUT2D eigenvalue weighted by Gasteiger charge is 2.13. The molecule has 0 fully saturated rings. The van der Waals surface area contributed by atoms with Gasteiger partial charge in [0.1, 0.15) is 18.1 Å². The molecule has 0 aromatic heterocycles. The Kier molecular flexibility index (Phi) is 7.82. The summed E-state index contributed by atoms with van der Waals surface area (Å²) in [6, 6.07) is 13.0. The minimum absolute atomic E-state index is 0.224. The Bertz CT molecular complexity index is 752. The average molecular weight is 372 g/mol. The van der Waals surface area contributed by atoms with Crippen LogP contribution < -0.4 is 9.47 Å². The molecular weight excluding hydrogens is 348 g/mol. The quantitative estimate of drug-likeness (QED) is 0.378. The number of hydrogen-bond donors (Lipinski definition) is 0. The lowest BCUT2D eigenvalue weighted by Crippen LogP contribution is -2.12. The molecule has 0 saturated heterocycles. The molecule has 0 bridgehead atoms. The monoisotopic (exact) mass is 372 g/mol. The summed E-state index contributed by atoms with van der Waals surface area (Å²) < 4.78 is 21.2. The molecule has 0 saturated carbocycles. The van der Waals surface area contributed by atoms with Crippen LogP contribution in [0.1, 0.15) is 41.5 Å². The number of rotatable bonds is 9. The second kappa shape index (κ2) is 10.3. The van der Waals surface area contributed by atoms with Crippen LogP contribution in [0.15, 0.2) is 48.5 Å². The number of carbonyl (C=O) groups excluding carboxylic acids is 2. The first-order chi connectivity index (χ1) is 13.0. The van der Waals surface area contributed by atoms with Gasteiger partial charge in [-0.3, -0.25) is 0 Å². The normalized spacial score (nSPS) is 10.5. The maximum atomic E-state index is 12.3. The zero-order chi connectivity index (χ0) is 19.6. The molecule has 6 heteroatoms. The van der Waals surface area contributed by atoms with Crippen molar-refractivity contribution in [3.8, 4) is 11.5 Å². The van der Waals surface area contributed by atoms with E-state index in [1.165, 1.54) is 6.07 Å². The van der Waals surface area contributed by atoms with Gasteiger partial charge in [-0.15, -0.1) is 0 Å². The fourth-order valence-electron chi connectivity index (χ4n) is 2.18. The van der Waals surface area contributed by atoms with Crippen molar-refractivity contribution >= 4 is 11.9 Å². The Morgan fingerprint density at radius 2 is 1.63 bits per heavy atom. The van der Waals surface area contributed by atoms with E-state index >= 15 is 0 Å². The van der Waals surface area contributed by atoms with Crippen LogP contribution in [0.5, 0.6) is 11.5 Å². The van der Waals surface area contributed by atoms with Gasteiger partial charge in [0.15, 0.2) is 0 Å². The van der Waals surface area contributed by atoms with Crippen molar-refractivity contribution in [3.05, 3.63) is 59.7 Å². The highest BCUT2D eigenvalue weighted by molar-refractivity contribution is 5.92. The highest BCUT2D eigenvalue weighted by atomic mass is 16.5. The lowest BCUT2D eigenvalue weighted by Gasteiger charge is -2.10. The average Bonchev–Trinajstić information content (AvgIpc) is 2.65. The van der Waals surface area contributed by atoms with Crippen molar-refractivity contribution in [2.45, 2.75) is 26.9 Å². The summed E-state index contributed by atoms with van der Waals surface area (Å²) in [6.07, 6.45) is -0.224. The molecule has 144 valence electrons. The van der Waals surface area contributed by atoms with Crippen LogP contribution in [-0.2, 0) is 9.47 Å². The van der Waals surface area contributed by atoms with E-state index in [0.717, 1.165) is 0 Å². The van der Waals surface area contributed by atoms with E-state index < -0.39 is 11.9 Å². The van der Waals surface area contributed by atoms with Crippen molar-refractivity contribution in [3.63, 3.8) is 0 Å². The molecule has 0 spiro atoms. The summed E-state index contributed by atoms with van der Waals surface area (Å²) in [5, 5.41) is 0. The lowest BCUT2D eigenvalue weighted by molar-refractivity contribution is 0.0376. The maximum Gasteiger partial charge on any atom is 0.343 e. The predicted octanol–water partition coefficient (Wildman–Crippen LogP) is 3.89. The molecular formula is C21H24O6. The van der Waals surface area contributed by atoms with Crippen molar-refractivity contribution in [1.29, 1.82) is 0 Å². The van der Waals surface area contributed by atoms with E-state index in [1.807, 2.05) is 6.92 Å². The molecule has 0 heterocycles. The fourth-order valence-corrected chi connectivity index (χ4v) is 2.18. The third-order valence-electron chi connectivity index (χ3n) is 3.41. The highest BCUT2D eigenvalue weighted by Crippen LogP contribution is 2.18. The van der Waals surface area contributed by atoms with Gasteiger partial charge in [0.05, 0.1) is 23.8 Å². The van der Waals surface area contributed by atoms with E-state index in [4.69, 9.17) is 18.9 Å². The van der Waals surface area contributed by atoms with E-state index in [-0.39, 0.29) is 11.9 Å². The standard InChI is InChI=1S/C21H24O6/c1-4-24-12-13-25-18-10-8-16(9-11-18)20(22)27-19-7-5-6-17(14-19)21(23)26-15(2)3/h5-11,14-15H,4,12-13H2,1-3H3. The summed E-state index contributed by atoms with van der Waals surface area (Å²) in [5.74, 6) is -0.0679. The van der Waals surface area contributed by atoms with Crippen molar-refractivity contribution in [2.75, 3.05) is 19.8 Å². The predicted molar refractivity (Wildman–Crippen MR) is 100 cm³/mol. The van der Waals surface area contributed by atoms with Gasteiger partial charge in [-0.25, -0.2) is 9.59 Å². The Morgan fingerprint density at radius 3 is 2.30 bits per heavy atom. The van der Waals surface area contributed by atoms with Crippen LogP contribution in [0.25, 0.3) is 0 Å². The molecule has 0 amide bonds. The van der Waals surface area contributed by atoms with Crippen LogP contribution in [-0.4, -0.2) is 37.9 Å². The molecule has 27 heavy (non-hydrogen) atoms. The molecule has 2 aromatic carbocycles. The van der Waals surface area contributed by atoms with Crippen LogP contribution in [0.3, 0.4) is 0 Å². The summed E-state index contributed by atoms with van der Waals surface area (Å²) in [6.45, 7) is 7.05. The fraction of sp³-hybridized carbons (Fsp3) is 0.333. The van der Waals surface area contributed by atoms with Gasteiger partial charge in [0, 0.05) is 6.61 Å². The van der Waals surface area contributed by atoms with Crippen LogP contribution in [0.4, 0.5) is 0 Å². The SMILES string of the molecule is CCOCCOc1ccc(C(=O)Oc2cccc(C(=O)OC(C)C)c2)cc1. The molecule has 0 aliphatic rings. The van der Waals surface area contributed by atoms with Crippen molar-refractivity contribution in [1.82, 2.24) is 0 Å². The Labute approximate surface area is 159 Å². The Hall–Kier alpha value is -2.86. The first-order valence-corrected chi connectivity index (χ1v) is 8.83. The Morgan fingerprint density at radius 1 is 0.889 bits per heavy atom. The van der Waals surface area contributed by atoms with Gasteiger partial charge in [0.25, 0.3) is 0 Å². The van der Waals surface area contributed by atoms with Crippen molar-refractivity contribution in [2.24, 2.45) is 0 Å². The molecule has 0 radical (unpaired) electrons. The first kappa shape index (κ1) is 20.5. The minimum atomic E-state index is -0.523. The third-order valence-corrected chi connectivity index (χ3v) is 3.41. The maximum absolute atomic E-state index is 12.3. The zero-order valence-corrected chi connectivity index (χ0v) is 15.8. The van der Waals surface area contributed by atoms with Crippen LogP contribution in [0.2, 0.25) is 0 Å². The second-order valence-electron chi connectivity index (χ2n) is 5.94. The molecule has 0 unspecified atom stereocenters. The number of esters is 2. The van der Waals surface area contributed by atoms with E-state index in [9.17, 15) is 9.59 Å². The van der Waals surface area contributed by atoms with E-state index in [2.05, 4.69) is 0 Å². The molecule has 0 aliphatic carbocycles. The van der Waals surface area contributed by atoms with E-state index in [0.29, 0.717) is 36.7 Å². The molecule has 6 nitrogen and oxygen atoms in total. The van der Waals surface area contributed by atoms with Gasteiger partial charge in [-0.05, 0) is 63.2 Å². The summed E-state index contributed by atoms with van der Waals surface area (Å²) in [4.78, 5) is 24.2. The van der Waals surface area contributed by atoms with Gasteiger partial charge in [-0.1, -0.05) is 6.07 Å². The van der Waals surface area contributed by atoms with Gasteiger partial charge in [0.2, 0.25) is 0 Å². The third kappa shape index (κ3) is 6.75. The first-order valence-electron chi connectivity index (χ1n) is 8.83. The topological polar surface area (TPSA) is 71.1 Å². The lowest BCUT2D eigenvalue weighted by atomic mass is 10.2. The van der Waals surface area contributed by atoms with Gasteiger partial charge in [-0.2, -0.15) is 0 Å². The van der Waals surface area contributed by atoms with Gasteiger partial charge >= 0.3 is 11.9 Å².